The Morgan fingerprint density at radius 1 is 1.38 bits per heavy atom. The number of aryl methyl sites for hydroxylation is 1. The van der Waals surface area contributed by atoms with Crippen molar-refractivity contribution in [2.75, 3.05) is 11.4 Å². The summed E-state index contributed by atoms with van der Waals surface area (Å²) in [6.07, 6.45) is 5.60. The molecule has 1 aliphatic heterocycles. The SMILES string of the molecule is Cc1ccccc1N1c2ncncc2C[C@@H]1[C@@H](C)CCN. The van der Waals surface area contributed by atoms with E-state index in [2.05, 4.69) is 53.0 Å². The number of rotatable bonds is 4. The highest BCUT2D eigenvalue weighted by molar-refractivity contribution is 5.69. The zero-order valence-electron chi connectivity index (χ0n) is 12.7. The first-order chi connectivity index (χ1) is 10.2. The average Bonchev–Trinajstić information content (AvgIpc) is 2.87. The molecule has 0 saturated carbocycles. The van der Waals surface area contributed by atoms with Gasteiger partial charge in [0.15, 0.2) is 0 Å². The summed E-state index contributed by atoms with van der Waals surface area (Å²) in [5.74, 6) is 1.57. The fraction of sp³-hybridized carbons (Fsp3) is 0.412. The van der Waals surface area contributed by atoms with E-state index in [-0.39, 0.29) is 0 Å². The van der Waals surface area contributed by atoms with Crippen molar-refractivity contribution in [3.05, 3.63) is 47.9 Å². The lowest BCUT2D eigenvalue weighted by molar-refractivity contribution is 0.437. The highest BCUT2D eigenvalue weighted by Gasteiger charge is 2.35. The van der Waals surface area contributed by atoms with Gasteiger partial charge < -0.3 is 10.6 Å². The number of fused-ring (bicyclic) bond motifs is 1. The lowest BCUT2D eigenvalue weighted by Gasteiger charge is -2.32. The van der Waals surface area contributed by atoms with Crippen LogP contribution in [-0.2, 0) is 6.42 Å². The molecule has 2 atom stereocenters. The Bertz CT molecular complexity index is 626. The molecule has 0 fully saturated rings. The average molecular weight is 282 g/mol. The van der Waals surface area contributed by atoms with Crippen molar-refractivity contribution in [2.45, 2.75) is 32.7 Å². The monoisotopic (exact) mass is 282 g/mol. The summed E-state index contributed by atoms with van der Waals surface area (Å²) < 4.78 is 0. The maximum Gasteiger partial charge on any atom is 0.139 e. The van der Waals surface area contributed by atoms with Crippen LogP contribution in [0.3, 0.4) is 0 Å². The van der Waals surface area contributed by atoms with E-state index in [1.54, 1.807) is 6.33 Å². The molecular weight excluding hydrogens is 260 g/mol. The van der Waals surface area contributed by atoms with Crippen molar-refractivity contribution in [2.24, 2.45) is 11.7 Å². The van der Waals surface area contributed by atoms with Gasteiger partial charge in [0.2, 0.25) is 0 Å². The topological polar surface area (TPSA) is 55.0 Å². The Morgan fingerprint density at radius 3 is 2.95 bits per heavy atom. The minimum absolute atomic E-state index is 0.404. The van der Waals surface area contributed by atoms with Gasteiger partial charge in [-0.2, -0.15) is 0 Å². The molecule has 0 saturated heterocycles. The summed E-state index contributed by atoms with van der Waals surface area (Å²) in [5.41, 5.74) is 9.51. The highest BCUT2D eigenvalue weighted by atomic mass is 15.3. The molecule has 2 N–H and O–H groups in total. The maximum absolute atomic E-state index is 5.77. The van der Waals surface area contributed by atoms with Crippen LogP contribution in [0.15, 0.2) is 36.8 Å². The van der Waals surface area contributed by atoms with E-state index in [0.717, 1.165) is 25.2 Å². The number of anilines is 2. The quantitative estimate of drug-likeness (QED) is 0.937. The molecule has 1 aromatic carbocycles. The Kier molecular flexibility index (Phi) is 3.88. The number of hydrogen-bond donors (Lipinski definition) is 1. The lowest BCUT2D eigenvalue weighted by Crippen LogP contribution is -2.35. The standard InChI is InChI=1S/C17H22N4/c1-12-5-3-4-6-15(12)21-16(13(2)7-8-18)9-14-10-19-11-20-17(14)21/h3-6,10-11,13,16H,7-9,18H2,1-2H3/t13-,16+/m0/s1. The van der Waals surface area contributed by atoms with E-state index in [9.17, 15) is 0 Å². The van der Waals surface area contributed by atoms with E-state index < -0.39 is 0 Å². The van der Waals surface area contributed by atoms with Crippen LogP contribution in [0.2, 0.25) is 0 Å². The van der Waals surface area contributed by atoms with Crippen LogP contribution in [0.4, 0.5) is 11.5 Å². The third-order valence-corrected chi connectivity index (χ3v) is 4.41. The first kappa shape index (κ1) is 14.0. The molecule has 1 aromatic heterocycles. The van der Waals surface area contributed by atoms with Gasteiger partial charge in [-0.3, -0.25) is 0 Å². The van der Waals surface area contributed by atoms with Gasteiger partial charge in [-0.15, -0.1) is 0 Å². The van der Waals surface area contributed by atoms with E-state index in [1.165, 1.54) is 16.8 Å². The van der Waals surface area contributed by atoms with E-state index in [4.69, 9.17) is 5.73 Å². The van der Waals surface area contributed by atoms with Gasteiger partial charge in [0.1, 0.15) is 12.1 Å². The molecule has 4 heteroatoms. The fourth-order valence-electron chi connectivity index (χ4n) is 3.22. The normalized spacial score (nSPS) is 18.6. The summed E-state index contributed by atoms with van der Waals surface area (Å²) in [7, 11) is 0. The van der Waals surface area contributed by atoms with Crippen molar-refractivity contribution in [3.63, 3.8) is 0 Å². The molecule has 2 heterocycles. The molecule has 1 aliphatic rings. The van der Waals surface area contributed by atoms with Gasteiger partial charge in [0.25, 0.3) is 0 Å². The fourth-order valence-corrected chi connectivity index (χ4v) is 3.22. The third-order valence-electron chi connectivity index (χ3n) is 4.41. The van der Waals surface area contributed by atoms with Gasteiger partial charge in [-0.25, -0.2) is 9.97 Å². The van der Waals surface area contributed by atoms with Crippen LogP contribution < -0.4 is 10.6 Å². The summed E-state index contributed by atoms with van der Waals surface area (Å²) in [6.45, 7) is 5.16. The van der Waals surface area contributed by atoms with Crippen LogP contribution in [-0.4, -0.2) is 22.6 Å². The smallest absolute Gasteiger partial charge is 0.139 e. The predicted octanol–water partition coefficient (Wildman–Crippen LogP) is 2.83. The minimum atomic E-state index is 0.404. The Morgan fingerprint density at radius 2 is 2.19 bits per heavy atom. The van der Waals surface area contributed by atoms with Crippen LogP contribution in [0.25, 0.3) is 0 Å². The minimum Gasteiger partial charge on any atom is -0.330 e. The van der Waals surface area contributed by atoms with Gasteiger partial charge >= 0.3 is 0 Å². The van der Waals surface area contributed by atoms with Gasteiger partial charge in [-0.05, 0) is 43.9 Å². The van der Waals surface area contributed by atoms with E-state index >= 15 is 0 Å². The molecule has 4 nitrogen and oxygen atoms in total. The van der Waals surface area contributed by atoms with Crippen LogP contribution >= 0.6 is 0 Å². The molecule has 0 bridgehead atoms. The number of hydrogen-bond acceptors (Lipinski definition) is 4. The van der Waals surface area contributed by atoms with E-state index in [1.807, 2.05) is 6.20 Å². The largest absolute Gasteiger partial charge is 0.330 e. The molecule has 3 rings (SSSR count). The van der Waals surface area contributed by atoms with Crippen LogP contribution in [0.1, 0.15) is 24.5 Å². The number of nitrogens with two attached hydrogens (primary N) is 1. The Balaban J connectivity index is 2.05. The molecule has 21 heavy (non-hydrogen) atoms. The first-order valence-corrected chi connectivity index (χ1v) is 7.56. The predicted molar refractivity (Wildman–Crippen MR) is 85.7 cm³/mol. The summed E-state index contributed by atoms with van der Waals surface area (Å²) in [5, 5.41) is 0. The lowest BCUT2D eigenvalue weighted by atomic mass is 9.94. The summed E-state index contributed by atoms with van der Waals surface area (Å²) in [4.78, 5) is 11.1. The molecule has 0 amide bonds. The molecule has 0 aliphatic carbocycles. The molecule has 0 spiro atoms. The van der Waals surface area contributed by atoms with Crippen molar-refractivity contribution in [1.29, 1.82) is 0 Å². The molecule has 110 valence electrons. The Hall–Kier alpha value is -1.94. The van der Waals surface area contributed by atoms with Gasteiger partial charge in [0, 0.05) is 23.5 Å². The number of nitrogens with zero attached hydrogens (tertiary/aromatic N) is 3. The van der Waals surface area contributed by atoms with Crippen molar-refractivity contribution >= 4 is 11.5 Å². The zero-order chi connectivity index (χ0) is 14.8. The molecular formula is C17H22N4. The van der Waals surface area contributed by atoms with E-state index in [0.29, 0.717) is 12.0 Å². The number of para-hydroxylation sites is 1. The van der Waals surface area contributed by atoms with Crippen molar-refractivity contribution in [3.8, 4) is 0 Å². The Labute approximate surface area is 126 Å². The van der Waals surface area contributed by atoms with Crippen molar-refractivity contribution < 1.29 is 0 Å². The third kappa shape index (κ3) is 2.51. The van der Waals surface area contributed by atoms with Crippen LogP contribution in [0, 0.1) is 12.8 Å². The maximum atomic E-state index is 5.77. The second-order valence-electron chi connectivity index (χ2n) is 5.85. The van der Waals surface area contributed by atoms with Gasteiger partial charge in [-0.1, -0.05) is 25.1 Å². The molecule has 0 unspecified atom stereocenters. The molecule has 0 radical (unpaired) electrons. The van der Waals surface area contributed by atoms with Gasteiger partial charge in [0.05, 0.1) is 0 Å². The summed E-state index contributed by atoms with van der Waals surface area (Å²) >= 11 is 0. The summed E-state index contributed by atoms with van der Waals surface area (Å²) in [6, 6.07) is 8.90. The highest BCUT2D eigenvalue weighted by Crippen LogP contribution is 2.40. The number of aromatic nitrogens is 2. The van der Waals surface area contributed by atoms with Crippen molar-refractivity contribution in [1.82, 2.24) is 9.97 Å². The first-order valence-electron chi connectivity index (χ1n) is 7.56. The molecule has 2 aromatic rings. The zero-order valence-corrected chi connectivity index (χ0v) is 12.7. The van der Waals surface area contributed by atoms with Crippen LogP contribution in [0.5, 0.6) is 0 Å². The second kappa shape index (κ2) is 5.82. The number of benzene rings is 1. The second-order valence-corrected chi connectivity index (χ2v) is 5.85.